The molecule has 3 aliphatic rings. The number of carbonyl (C=O) groups excluding carboxylic acids is 1. The number of ether oxygens (including phenoxy) is 3. The summed E-state index contributed by atoms with van der Waals surface area (Å²) in [6, 6.07) is 9.40. The first-order valence-corrected chi connectivity index (χ1v) is 9.91. The van der Waals surface area contributed by atoms with Gasteiger partial charge >= 0.3 is 0 Å². The van der Waals surface area contributed by atoms with Crippen LogP contribution >= 0.6 is 0 Å². The molecule has 8 heteroatoms. The molecule has 8 unspecified atom stereocenters. The minimum atomic E-state index is -1.48. The molecule has 0 radical (unpaired) electrons. The summed E-state index contributed by atoms with van der Waals surface area (Å²) in [7, 11) is 0. The van der Waals surface area contributed by atoms with Gasteiger partial charge in [0.25, 0.3) is 0 Å². The molecule has 29 heavy (non-hydrogen) atoms. The van der Waals surface area contributed by atoms with Crippen LogP contribution in [-0.2, 0) is 19.0 Å². The van der Waals surface area contributed by atoms with Crippen LogP contribution in [0, 0.1) is 5.92 Å². The Kier molecular flexibility index (Phi) is 6.00. The van der Waals surface area contributed by atoms with E-state index in [4.69, 9.17) is 14.2 Å². The van der Waals surface area contributed by atoms with Crippen LogP contribution < -0.4 is 0 Å². The third-order valence-corrected chi connectivity index (χ3v) is 5.97. The normalized spacial score (nSPS) is 40.0. The Labute approximate surface area is 168 Å². The molecule has 4 N–H and O–H groups in total. The number of rotatable bonds is 4. The summed E-state index contributed by atoms with van der Waals surface area (Å²) in [6.45, 7) is -0.509. The predicted octanol–water partition coefficient (Wildman–Crippen LogP) is -0.0194. The third kappa shape index (κ3) is 3.96. The first kappa shape index (κ1) is 20.5. The van der Waals surface area contributed by atoms with E-state index in [0.29, 0.717) is 24.8 Å². The molecule has 158 valence electrons. The van der Waals surface area contributed by atoms with Gasteiger partial charge in [-0.15, -0.1) is 0 Å². The lowest BCUT2D eigenvalue weighted by molar-refractivity contribution is -0.314. The van der Waals surface area contributed by atoms with E-state index in [1.165, 1.54) is 6.26 Å². The van der Waals surface area contributed by atoms with Gasteiger partial charge in [-0.1, -0.05) is 30.3 Å². The van der Waals surface area contributed by atoms with Crippen LogP contribution in [0.2, 0.25) is 0 Å². The molecule has 1 aromatic rings. The monoisotopic (exact) mass is 406 g/mol. The van der Waals surface area contributed by atoms with Crippen LogP contribution in [0.3, 0.4) is 0 Å². The van der Waals surface area contributed by atoms with Crippen molar-refractivity contribution in [3.8, 4) is 0 Å². The number of hydrogen-bond donors (Lipinski definition) is 4. The second kappa shape index (κ2) is 8.51. The minimum absolute atomic E-state index is 0.0544. The maximum Gasteiger partial charge on any atom is 0.186 e. The number of benzene rings is 1. The van der Waals surface area contributed by atoms with E-state index in [-0.39, 0.29) is 23.9 Å². The Balaban J connectivity index is 1.41. The number of carbonyl (C=O) groups is 1. The highest BCUT2D eigenvalue weighted by molar-refractivity contribution is 6.22. The molecule has 0 spiro atoms. The van der Waals surface area contributed by atoms with Gasteiger partial charge in [0.1, 0.15) is 30.5 Å². The quantitative estimate of drug-likeness (QED) is 0.550. The van der Waals surface area contributed by atoms with Gasteiger partial charge < -0.3 is 34.6 Å². The molecule has 8 atom stereocenters. The highest BCUT2D eigenvalue weighted by Crippen LogP contribution is 2.38. The predicted molar refractivity (Wildman–Crippen MR) is 100 cm³/mol. The maximum atomic E-state index is 12.9. The van der Waals surface area contributed by atoms with Crippen molar-refractivity contribution in [3.05, 3.63) is 42.2 Å². The summed E-state index contributed by atoms with van der Waals surface area (Å²) in [5.74, 6) is -0.205. The smallest absolute Gasteiger partial charge is 0.186 e. The highest BCUT2D eigenvalue weighted by Gasteiger charge is 2.46. The van der Waals surface area contributed by atoms with Gasteiger partial charge in [0, 0.05) is 6.42 Å². The molecular formula is C21H26O8. The zero-order chi connectivity index (χ0) is 20.5. The molecule has 0 aromatic heterocycles. The zero-order valence-corrected chi connectivity index (χ0v) is 15.8. The molecule has 1 aromatic carbocycles. The van der Waals surface area contributed by atoms with Crippen molar-refractivity contribution in [1.82, 2.24) is 0 Å². The first-order valence-electron chi connectivity index (χ1n) is 9.91. The van der Waals surface area contributed by atoms with E-state index in [0.717, 1.165) is 5.56 Å². The Morgan fingerprint density at radius 2 is 1.79 bits per heavy atom. The summed E-state index contributed by atoms with van der Waals surface area (Å²) in [4.78, 5) is 12.9. The van der Waals surface area contributed by atoms with Gasteiger partial charge in [-0.25, -0.2) is 0 Å². The van der Waals surface area contributed by atoms with Crippen molar-refractivity contribution in [3.63, 3.8) is 0 Å². The standard InChI is InChI=1S/C21H26O8/c22-9-16-18(24)19(25)20(26)21(29-16)28-12-6-7-13-15(8-12)27-10-14(17(13)23)11-4-2-1-3-5-11/h1-5,10,12-13,15-16,18-22,24-26H,6-9H2. The fourth-order valence-corrected chi connectivity index (χ4v) is 4.28. The summed E-state index contributed by atoms with van der Waals surface area (Å²) in [5, 5.41) is 39.2. The summed E-state index contributed by atoms with van der Waals surface area (Å²) >= 11 is 0. The Bertz CT molecular complexity index is 748. The maximum absolute atomic E-state index is 12.9. The summed E-state index contributed by atoms with van der Waals surface area (Å²) < 4.78 is 17.1. The molecule has 0 bridgehead atoms. The van der Waals surface area contributed by atoms with Crippen molar-refractivity contribution in [2.75, 3.05) is 6.61 Å². The van der Waals surface area contributed by atoms with Crippen LogP contribution in [0.1, 0.15) is 24.8 Å². The lowest BCUT2D eigenvalue weighted by atomic mass is 9.78. The van der Waals surface area contributed by atoms with E-state index < -0.39 is 37.3 Å². The molecule has 2 fully saturated rings. The fourth-order valence-electron chi connectivity index (χ4n) is 4.28. The van der Waals surface area contributed by atoms with Crippen molar-refractivity contribution in [1.29, 1.82) is 0 Å². The average molecular weight is 406 g/mol. The molecule has 2 aliphatic heterocycles. The number of ketones is 1. The van der Waals surface area contributed by atoms with Crippen molar-refractivity contribution in [2.45, 2.75) is 62.2 Å². The third-order valence-electron chi connectivity index (χ3n) is 5.97. The lowest BCUT2D eigenvalue weighted by Gasteiger charge is -2.43. The van der Waals surface area contributed by atoms with Gasteiger partial charge in [-0.05, 0) is 18.4 Å². The van der Waals surface area contributed by atoms with Crippen molar-refractivity contribution >= 4 is 11.4 Å². The second-order valence-corrected chi connectivity index (χ2v) is 7.81. The van der Waals surface area contributed by atoms with E-state index >= 15 is 0 Å². The van der Waals surface area contributed by atoms with Crippen molar-refractivity contribution in [2.24, 2.45) is 5.92 Å². The largest absolute Gasteiger partial charge is 0.496 e. The Morgan fingerprint density at radius 3 is 2.52 bits per heavy atom. The Morgan fingerprint density at radius 1 is 1.03 bits per heavy atom. The second-order valence-electron chi connectivity index (χ2n) is 7.81. The molecule has 1 saturated heterocycles. The van der Waals surface area contributed by atoms with Gasteiger partial charge in [0.2, 0.25) is 0 Å². The SMILES string of the molecule is O=C1C(c2ccccc2)=COC2CC(OC3OC(CO)C(O)C(O)C3O)CCC12. The number of hydrogen-bond acceptors (Lipinski definition) is 8. The lowest BCUT2D eigenvalue weighted by Crippen LogP contribution is -2.60. The van der Waals surface area contributed by atoms with Gasteiger partial charge in [0.05, 0.1) is 30.5 Å². The topological polar surface area (TPSA) is 126 Å². The molecule has 1 saturated carbocycles. The summed E-state index contributed by atoms with van der Waals surface area (Å²) in [6.07, 6.45) is -4.15. The van der Waals surface area contributed by atoms with Crippen LogP contribution in [0.4, 0.5) is 0 Å². The number of fused-ring (bicyclic) bond motifs is 1. The van der Waals surface area contributed by atoms with Gasteiger partial charge in [-0.3, -0.25) is 4.79 Å². The average Bonchev–Trinajstić information content (AvgIpc) is 2.75. The number of Topliss-reactive ketones (excluding diaryl/α,β-unsaturated/α-hetero) is 1. The number of aliphatic hydroxyl groups excluding tert-OH is 4. The highest BCUT2D eigenvalue weighted by atomic mass is 16.7. The van der Waals surface area contributed by atoms with Crippen molar-refractivity contribution < 1.29 is 39.4 Å². The molecule has 0 amide bonds. The van der Waals surface area contributed by atoms with Gasteiger partial charge in [0.15, 0.2) is 12.1 Å². The molecule has 1 aliphatic carbocycles. The molecular weight excluding hydrogens is 380 g/mol. The first-order chi connectivity index (χ1) is 14.0. The van der Waals surface area contributed by atoms with E-state index in [2.05, 4.69) is 0 Å². The number of aliphatic hydroxyl groups is 4. The van der Waals surface area contributed by atoms with E-state index in [1.807, 2.05) is 30.3 Å². The molecule has 8 nitrogen and oxygen atoms in total. The molecule has 2 heterocycles. The van der Waals surface area contributed by atoms with Crippen LogP contribution in [0.15, 0.2) is 36.6 Å². The van der Waals surface area contributed by atoms with Crippen LogP contribution in [0.25, 0.3) is 5.57 Å². The van der Waals surface area contributed by atoms with E-state index in [1.54, 1.807) is 0 Å². The fraction of sp³-hybridized carbons (Fsp3) is 0.571. The summed E-state index contributed by atoms with van der Waals surface area (Å²) in [5.41, 5.74) is 1.40. The van der Waals surface area contributed by atoms with E-state index in [9.17, 15) is 25.2 Å². The number of allylic oxidation sites excluding steroid dienone is 1. The molecule has 4 rings (SSSR count). The van der Waals surface area contributed by atoms with Crippen LogP contribution in [0.5, 0.6) is 0 Å². The Hall–Kier alpha value is -1.81. The zero-order valence-electron chi connectivity index (χ0n) is 15.8. The van der Waals surface area contributed by atoms with Crippen LogP contribution in [-0.4, -0.2) is 75.7 Å². The van der Waals surface area contributed by atoms with Gasteiger partial charge in [-0.2, -0.15) is 0 Å². The minimum Gasteiger partial charge on any atom is -0.496 e.